The molecule has 1 aliphatic rings. The maximum absolute atomic E-state index is 12.2. The van der Waals surface area contributed by atoms with Crippen LogP contribution >= 0.6 is 0 Å². The quantitative estimate of drug-likeness (QED) is 0.737. The van der Waals surface area contributed by atoms with Gasteiger partial charge in [0.1, 0.15) is 11.5 Å². The third-order valence-corrected chi connectivity index (χ3v) is 3.75. The van der Waals surface area contributed by atoms with E-state index in [1.807, 2.05) is 0 Å². The summed E-state index contributed by atoms with van der Waals surface area (Å²) in [5, 5.41) is 22.7. The Bertz CT molecular complexity index is 475. The third kappa shape index (κ3) is 3.42. The number of amides is 1. The highest BCUT2D eigenvalue weighted by Crippen LogP contribution is 2.24. The highest BCUT2D eigenvalue weighted by atomic mass is 16.5. The summed E-state index contributed by atoms with van der Waals surface area (Å²) >= 11 is 0. The third-order valence-electron chi connectivity index (χ3n) is 3.75. The Balaban J connectivity index is 2.07. The molecule has 0 heterocycles. The number of ether oxygens (including phenoxy) is 1. The molecule has 2 unspecified atom stereocenters. The van der Waals surface area contributed by atoms with E-state index in [2.05, 4.69) is 5.32 Å². The first-order valence-corrected chi connectivity index (χ1v) is 6.97. The molecule has 3 N–H and O–H groups in total. The molecule has 1 saturated carbocycles. The zero-order valence-corrected chi connectivity index (χ0v) is 11.6. The van der Waals surface area contributed by atoms with E-state index in [1.54, 1.807) is 6.07 Å². The molecule has 0 saturated heterocycles. The van der Waals surface area contributed by atoms with Crippen molar-refractivity contribution in [2.75, 3.05) is 7.11 Å². The number of nitrogens with one attached hydrogen (secondary N) is 1. The maximum Gasteiger partial charge on any atom is 0.255 e. The molecule has 2 rings (SSSR count). The fourth-order valence-electron chi connectivity index (χ4n) is 2.53. The van der Waals surface area contributed by atoms with Crippen molar-refractivity contribution in [2.24, 2.45) is 0 Å². The van der Waals surface area contributed by atoms with Crippen LogP contribution in [-0.4, -0.2) is 35.4 Å². The van der Waals surface area contributed by atoms with Crippen molar-refractivity contribution < 1.29 is 19.7 Å². The second-order valence-corrected chi connectivity index (χ2v) is 5.17. The van der Waals surface area contributed by atoms with Crippen LogP contribution in [0.25, 0.3) is 0 Å². The van der Waals surface area contributed by atoms with Crippen molar-refractivity contribution in [3.05, 3.63) is 23.8 Å². The number of benzene rings is 1. The summed E-state index contributed by atoms with van der Waals surface area (Å²) in [7, 11) is 1.50. The molecule has 1 amide bonds. The molecular weight excluding hydrogens is 258 g/mol. The van der Waals surface area contributed by atoms with Gasteiger partial charge in [-0.2, -0.15) is 0 Å². The zero-order valence-electron chi connectivity index (χ0n) is 11.6. The molecule has 110 valence electrons. The minimum Gasteiger partial charge on any atom is -0.507 e. The van der Waals surface area contributed by atoms with Crippen LogP contribution < -0.4 is 10.1 Å². The molecule has 5 heteroatoms. The van der Waals surface area contributed by atoms with Crippen LogP contribution in [0.1, 0.15) is 42.5 Å². The first kappa shape index (κ1) is 14.7. The average Bonchev–Trinajstić information content (AvgIpc) is 2.64. The van der Waals surface area contributed by atoms with Crippen molar-refractivity contribution in [3.63, 3.8) is 0 Å². The highest BCUT2D eigenvalue weighted by molar-refractivity contribution is 5.97. The molecule has 1 fully saturated rings. The number of carbonyl (C=O) groups excluding carboxylic acids is 1. The van der Waals surface area contributed by atoms with Gasteiger partial charge in [-0.3, -0.25) is 4.79 Å². The highest BCUT2D eigenvalue weighted by Gasteiger charge is 2.24. The van der Waals surface area contributed by atoms with Gasteiger partial charge in [0.25, 0.3) is 5.91 Å². The molecule has 2 atom stereocenters. The maximum atomic E-state index is 12.2. The van der Waals surface area contributed by atoms with Crippen molar-refractivity contribution in [2.45, 2.75) is 44.2 Å². The first-order chi connectivity index (χ1) is 9.61. The summed E-state index contributed by atoms with van der Waals surface area (Å²) in [6.07, 6.45) is 4.03. The summed E-state index contributed by atoms with van der Waals surface area (Å²) < 4.78 is 4.98. The van der Waals surface area contributed by atoms with E-state index in [-0.39, 0.29) is 23.3 Å². The molecule has 0 radical (unpaired) electrons. The van der Waals surface area contributed by atoms with Crippen molar-refractivity contribution in [1.82, 2.24) is 5.32 Å². The number of aromatic hydroxyl groups is 1. The van der Waals surface area contributed by atoms with Gasteiger partial charge >= 0.3 is 0 Å². The summed E-state index contributed by atoms with van der Waals surface area (Å²) in [5.41, 5.74) is 0.197. The van der Waals surface area contributed by atoms with E-state index in [0.717, 1.165) is 25.7 Å². The lowest BCUT2D eigenvalue weighted by atomic mass is 10.1. The molecule has 0 aliphatic heterocycles. The Morgan fingerprint density at radius 3 is 2.75 bits per heavy atom. The average molecular weight is 279 g/mol. The van der Waals surface area contributed by atoms with E-state index in [4.69, 9.17) is 4.74 Å². The Kier molecular flexibility index (Phi) is 4.84. The number of phenolic OH excluding ortho intramolecular Hbond substituents is 1. The molecule has 1 aromatic carbocycles. The van der Waals surface area contributed by atoms with E-state index >= 15 is 0 Å². The van der Waals surface area contributed by atoms with Crippen LogP contribution in [0.5, 0.6) is 11.5 Å². The van der Waals surface area contributed by atoms with Crippen LogP contribution in [0.2, 0.25) is 0 Å². The number of methoxy groups -OCH3 is 1. The largest absolute Gasteiger partial charge is 0.507 e. The van der Waals surface area contributed by atoms with E-state index in [0.29, 0.717) is 12.2 Å². The molecular formula is C15H21NO4. The molecule has 0 bridgehead atoms. The number of aliphatic hydroxyl groups excluding tert-OH is 1. The van der Waals surface area contributed by atoms with Gasteiger partial charge < -0.3 is 20.3 Å². The van der Waals surface area contributed by atoms with E-state index in [9.17, 15) is 15.0 Å². The van der Waals surface area contributed by atoms with E-state index < -0.39 is 6.10 Å². The van der Waals surface area contributed by atoms with Crippen LogP contribution in [-0.2, 0) is 0 Å². The Morgan fingerprint density at radius 1 is 1.30 bits per heavy atom. The lowest BCUT2D eigenvalue weighted by Gasteiger charge is -2.22. The van der Waals surface area contributed by atoms with Gasteiger partial charge in [-0.05, 0) is 25.0 Å². The molecule has 1 aromatic rings. The predicted molar refractivity (Wildman–Crippen MR) is 75.0 cm³/mol. The van der Waals surface area contributed by atoms with Gasteiger partial charge in [-0.1, -0.05) is 19.3 Å². The van der Waals surface area contributed by atoms with Crippen molar-refractivity contribution in [3.8, 4) is 11.5 Å². The number of phenols is 1. The summed E-state index contributed by atoms with van der Waals surface area (Å²) in [6.45, 7) is 0. The minimum atomic E-state index is -0.512. The second kappa shape index (κ2) is 6.61. The van der Waals surface area contributed by atoms with Gasteiger partial charge in [0, 0.05) is 6.07 Å². The summed E-state index contributed by atoms with van der Waals surface area (Å²) in [5.74, 6) is 0.00890. The van der Waals surface area contributed by atoms with Gasteiger partial charge in [-0.15, -0.1) is 0 Å². The number of carbonyl (C=O) groups is 1. The smallest absolute Gasteiger partial charge is 0.255 e. The number of hydrogen-bond donors (Lipinski definition) is 3. The lowest BCUT2D eigenvalue weighted by Crippen LogP contribution is -2.42. The van der Waals surface area contributed by atoms with Crippen LogP contribution in [0.4, 0.5) is 0 Å². The summed E-state index contributed by atoms with van der Waals surface area (Å²) in [4.78, 5) is 12.2. The van der Waals surface area contributed by atoms with Crippen molar-refractivity contribution >= 4 is 5.91 Å². The topological polar surface area (TPSA) is 78.8 Å². The Labute approximate surface area is 118 Å². The Hall–Kier alpha value is -1.75. The second-order valence-electron chi connectivity index (χ2n) is 5.17. The zero-order chi connectivity index (χ0) is 14.5. The summed E-state index contributed by atoms with van der Waals surface area (Å²) in [6, 6.07) is 4.30. The van der Waals surface area contributed by atoms with Gasteiger partial charge in [0.2, 0.25) is 0 Å². The standard InChI is InChI=1S/C15H21NO4/c1-20-10-7-8-11(14(18)9-10)15(19)16-12-5-3-2-4-6-13(12)17/h7-9,12-13,17-18H,2-6H2,1H3,(H,16,19). The monoisotopic (exact) mass is 279 g/mol. The fourth-order valence-corrected chi connectivity index (χ4v) is 2.53. The molecule has 1 aliphatic carbocycles. The molecule has 20 heavy (non-hydrogen) atoms. The molecule has 0 aromatic heterocycles. The molecule has 0 spiro atoms. The Morgan fingerprint density at radius 2 is 2.05 bits per heavy atom. The van der Waals surface area contributed by atoms with Gasteiger partial charge in [0.15, 0.2) is 0 Å². The van der Waals surface area contributed by atoms with E-state index in [1.165, 1.54) is 19.2 Å². The van der Waals surface area contributed by atoms with Crippen LogP contribution in [0.3, 0.4) is 0 Å². The van der Waals surface area contributed by atoms with Crippen molar-refractivity contribution in [1.29, 1.82) is 0 Å². The lowest BCUT2D eigenvalue weighted by molar-refractivity contribution is 0.0816. The molecule has 5 nitrogen and oxygen atoms in total. The number of aliphatic hydroxyl groups is 1. The minimum absolute atomic E-state index is 0.120. The predicted octanol–water partition coefficient (Wildman–Crippen LogP) is 1.82. The fraction of sp³-hybridized carbons (Fsp3) is 0.533. The SMILES string of the molecule is COc1ccc(C(=O)NC2CCCCCC2O)c(O)c1. The van der Waals surface area contributed by atoms with Gasteiger partial charge in [-0.25, -0.2) is 0 Å². The number of hydrogen-bond acceptors (Lipinski definition) is 4. The number of rotatable bonds is 3. The van der Waals surface area contributed by atoms with Crippen LogP contribution in [0.15, 0.2) is 18.2 Å². The first-order valence-electron chi connectivity index (χ1n) is 6.97. The van der Waals surface area contributed by atoms with Crippen LogP contribution in [0, 0.1) is 0 Å². The van der Waals surface area contributed by atoms with Gasteiger partial charge in [0.05, 0.1) is 24.8 Å². The normalized spacial score (nSPS) is 22.9.